The Balaban J connectivity index is 2.07. The first kappa shape index (κ1) is 14.7. The maximum Gasteiger partial charge on any atom is 0.326 e. The maximum atomic E-state index is 12.0. The number of nitrogens with zero attached hydrogens (tertiary/aromatic N) is 1. The molecule has 2 atom stereocenters. The normalized spacial score (nSPS) is 22.4. The predicted molar refractivity (Wildman–Crippen MR) is 76.9 cm³/mol. The molecule has 2 N–H and O–H groups in total. The summed E-state index contributed by atoms with van der Waals surface area (Å²) in [4.78, 5) is 24.2. The first-order valence-electron chi connectivity index (χ1n) is 6.12. The molecule has 0 aromatic heterocycles. The lowest BCUT2D eigenvalue weighted by Gasteiger charge is -2.19. The molecule has 20 heavy (non-hydrogen) atoms. The topological polar surface area (TPSA) is 77.8 Å². The number of carboxylic acid groups (broad SMARTS) is 1. The van der Waals surface area contributed by atoms with Gasteiger partial charge in [-0.05, 0) is 23.8 Å². The van der Waals surface area contributed by atoms with Crippen LogP contribution in [0.2, 0.25) is 0 Å². The molecule has 0 bridgehead atoms. The van der Waals surface area contributed by atoms with Crippen molar-refractivity contribution in [3.8, 4) is 0 Å². The zero-order valence-corrected chi connectivity index (χ0v) is 12.2. The molecule has 1 aromatic carbocycles. The Morgan fingerprint density at radius 3 is 2.55 bits per heavy atom. The molecule has 1 heterocycles. The number of aliphatic carboxylic acids is 1. The minimum Gasteiger partial charge on any atom is -0.480 e. The Labute approximate surface area is 124 Å². The van der Waals surface area contributed by atoms with Gasteiger partial charge >= 0.3 is 5.97 Å². The van der Waals surface area contributed by atoms with E-state index in [4.69, 9.17) is 5.11 Å². The van der Waals surface area contributed by atoms with Crippen LogP contribution in [-0.2, 0) is 9.59 Å². The molecule has 1 aliphatic rings. The van der Waals surface area contributed by atoms with Crippen molar-refractivity contribution in [2.45, 2.75) is 18.6 Å². The van der Waals surface area contributed by atoms with Crippen LogP contribution in [0.1, 0.15) is 12.0 Å². The van der Waals surface area contributed by atoms with Gasteiger partial charge in [0.1, 0.15) is 6.04 Å². The molecule has 0 spiro atoms. The molecule has 5 nitrogen and oxygen atoms in total. The van der Waals surface area contributed by atoms with Gasteiger partial charge in [0, 0.05) is 23.5 Å². The fourth-order valence-electron chi connectivity index (χ4n) is 2.13. The third-order valence-electron chi connectivity index (χ3n) is 3.14. The number of carbonyl (C=O) groups is 2. The van der Waals surface area contributed by atoms with Crippen LogP contribution in [-0.4, -0.2) is 45.7 Å². The van der Waals surface area contributed by atoms with Crippen molar-refractivity contribution < 1.29 is 19.8 Å². The highest BCUT2D eigenvalue weighted by Gasteiger charge is 2.37. The summed E-state index contributed by atoms with van der Waals surface area (Å²) in [6.45, 7) is 0.0560. The van der Waals surface area contributed by atoms with Gasteiger partial charge < -0.3 is 15.1 Å². The number of halogens is 1. The Morgan fingerprint density at radius 1 is 1.30 bits per heavy atom. The van der Waals surface area contributed by atoms with Crippen molar-refractivity contribution in [3.05, 3.63) is 40.4 Å². The van der Waals surface area contributed by atoms with Gasteiger partial charge in [0.15, 0.2) is 0 Å². The van der Waals surface area contributed by atoms with E-state index >= 15 is 0 Å². The highest BCUT2D eigenvalue weighted by Crippen LogP contribution is 2.19. The Bertz CT molecular complexity index is 541. The van der Waals surface area contributed by atoms with Crippen molar-refractivity contribution in [2.75, 3.05) is 6.54 Å². The molecule has 1 amide bonds. The number of aliphatic hydroxyl groups is 1. The molecular weight excluding hydrogens is 326 g/mol. The SMILES string of the molecule is O=C(O)[C@H]1C[C@@H](O)CN1C(=O)C=Cc1ccc(Br)cc1. The van der Waals surface area contributed by atoms with Crippen LogP contribution in [0, 0.1) is 0 Å². The number of hydrogen-bond acceptors (Lipinski definition) is 3. The summed E-state index contributed by atoms with van der Waals surface area (Å²) in [6.07, 6.45) is 2.25. The van der Waals surface area contributed by atoms with E-state index in [0.717, 1.165) is 10.0 Å². The standard InChI is InChI=1S/C14H14BrNO4/c15-10-4-1-9(2-5-10)3-6-13(18)16-8-11(17)7-12(16)14(19)20/h1-6,11-12,17H,7-8H2,(H,19,20)/t11-,12-/m1/s1. The van der Waals surface area contributed by atoms with Gasteiger partial charge in [-0.2, -0.15) is 0 Å². The van der Waals surface area contributed by atoms with Crippen LogP contribution < -0.4 is 0 Å². The second kappa shape index (κ2) is 6.19. The molecular formula is C14H14BrNO4. The number of likely N-dealkylation sites (tertiary alicyclic amines) is 1. The number of carboxylic acids is 1. The largest absolute Gasteiger partial charge is 0.480 e. The lowest BCUT2D eigenvalue weighted by Crippen LogP contribution is -2.39. The molecule has 2 rings (SSSR count). The van der Waals surface area contributed by atoms with E-state index in [2.05, 4.69) is 15.9 Å². The van der Waals surface area contributed by atoms with Crippen molar-refractivity contribution in [1.29, 1.82) is 0 Å². The van der Waals surface area contributed by atoms with Gasteiger partial charge in [0.25, 0.3) is 0 Å². The number of amides is 1. The fraction of sp³-hybridized carbons (Fsp3) is 0.286. The zero-order valence-electron chi connectivity index (χ0n) is 10.6. The fourth-order valence-corrected chi connectivity index (χ4v) is 2.39. The number of benzene rings is 1. The molecule has 106 valence electrons. The van der Waals surface area contributed by atoms with Gasteiger partial charge in [-0.1, -0.05) is 28.1 Å². The van der Waals surface area contributed by atoms with Gasteiger partial charge in [-0.3, -0.25) is 4.79 Å². The number of carbonyl (C=O) groups excluding carboxylic acids is 1. The average molecular weight is 340 g/mol. The van der Waals surface area contributed by atoms with Crippen LogP contribution >= 0.6 is 15.9 Å². The van der Waals surface area contributed by atoms with Crippen molar-refractivity contribution in [2.24, 2.45) is 0 Å². The van der Waals surface area contributed by atoms with E-state index in [1.54, 1.807) is 6.08 Å². The number of hydrogen-bond donors (Lipinski definition) is 2. The van der Waals surface area contributed by atoms with E-state index < -0.39 is 24.0 Å². The molecule has 1 aliphatic heterocycles. The summed E-state index contributed by atoms with van der Waals surface area (Å²) in [5, 5.41) is 18.5. The number of aliphatic hydroxyl groups excluding tert-OH is 1. The Morgan fingerprint density at radius 2 is 1.95 bits per heavy atom. The Hall–Kier alpha value is -1.66. The summed E-state index contributed by atoms with van der Waals surface area (Å²) in [7, 11) is 0. The van der Waals surface area contributed by atoms with Gasteiger partial charge in [0.2, 0.25) is 5.91 Å². The molecule has 0 saturated carbocycles. The van der Waals surface area contributed by atoms with Crippen LogP contribution in [0.25, 0.3) is 6.08 Å². The van der Waals surface area contributed by atoms with E-state index in [0.29, 0.717) is 0 Å². The summed E-state index contributed by atoms with van der Waals surface area (Å²) in [5.74, 6) is -1.50. The molecule has 0 aliphatic carbocycles. The summed E-state index contributed by atoms with van der Waals surface area (Å²) >= 11 is 3.32. The lowest BCUT2D eigenvalue weighted by atomic mass is 10.2. The Kier molecular flexibility index (Phi) is 4.57. The highest BCUT2D eigenvalue weighted by atomic mass is 79.9. The van der Waals surface area contributed by atoms with Gasteiger partial charge in [0.05, 0.1) is 6.10 Å². The smallest absolute Gasteiger partial charge is 0.326 e. The van der Waals surface area contributed by atoms with Crippen LogP contribution in [0.3, 0.4) is 0 Å². The predicted octanol–water partition coefficient (Wildman–Crippen LogP) is 1.51. The van der Waals surface area contributed by atoms with Gasteiger partial charge in [-0.25, -0.2) is 4.79 Å². The molecule has 6 heteroatoms. The minimum atomic E-state index is -1.09. The third kappa shape index (κ3) is 3.46. The quantitative estimate of drug-likeness (QED) is 0.818. The molecule has 0 radical (unpaired) electrons. The van der Waals surface area contributed by atoms with E-state index in [1.165, 1.54) is 11.0 Å². The van der Waals surface area contributed by atoms with E-state index in [-0.39, 0.29) is 13.0 Å². The summed E-state index contributed by atoms with van der Waals surface area (Å²) in [5.41, 5.74) is 0.841. The van der Waals surface area contributed by atoms with Gasteiger partial charge in [-0.15, -0.1) is 0 Å². The molecule has 1 aromatic rings. The van der Waals surface area contributed by atoms with E-state index in [1.807, 2.05) is 24.3 Å². The molecule has 0 unspecified atom stereocenters. The molecule has 1 saturated heterocycles. The van der Waals surface area contributed by atoms with Crippen molar-refractivity contribution >= 4 is 33.9 Å². The first-order valence-corrected chi connectivity index (χ1v) is 6.92. The lowest BCUT2D eigenvalue weighted by molar-refractivity contribution is -0.146. The number of β-amino-alcohol motifs (C(OH)–C–C–N with tert-alkyl or cyclic N) is 1. The summed E-state index contributed by atoms with van der Waals surface area (Å²) < 4.78 is 0.939. The highest BCUT2D eigenvalue weighted by molar-refractivity contribution is 9.10. The first-order chi connectivity index (χ1) is 9.47. The maximum absolute atomic E-state index is 12.0. The van der Waals surface area contributed by atoms with Crippen molar-refractivity contribution in [1.82, 2.24) is 4.90 Å². The molecule has 1 fully saturated rings. The van der Waals surface area contributed by atoms with Crippen molar-refractivity contribution in [3.63, 3.8) is 0 Å². The minimum absolute atomic E-state index is 0.0560. The van der Waals surface area contributed by atoms with Crippen LogP contribution in [0.15, 0.2) is 34.8 Å². The average Bonchev–Trinajstić information content (AvgIpc) is 2.80. The second-order valence-electron chi connectivity index (χ2n) is 4.62. The van der Waals surface area contributed by atoms with E-state index in [9.17, 15) is 14.7 Å². The van der Waals surface area contributed by atoms with Crippen LogP contribution in [0.5, 0.6) is 0 Å². The zero-order chi connectivity index (χ0) is 14.7. The third-order valence-corrected chi connectivity index (χ3v) is 3.66. The number of rotatable bonds is 3. The second-order valence-corrected chi connectivity index (χ2v) is 5.53. The monoisotopic (exact) mass is 339 g/mol. The summed E-state index contributed by atoms with van der Waals surface area (Å²) in [6, 6.07) is 6.42. The van der Waals surface area contributed by atoms with Crippen LogP contribution in [0.4, 0.5) is 0 Å².